The van der Waals surface area contributed by atoms with Gasteiger partial charge in [0.05, 0.1) is 0 Å². The second-order valence-corrected chi connectivity index (χ2v) is 0.935. The van der Waals surface area contributed by atoms with Crippen LogP contribution in [0.2, 0.25) is 0 Å². The maximum absolute atomic E-state index is 9.40. The maximum atomic E-state index is 9.40. The molecule has 0 spiro atoms. The van der Waals surface area contributed by atoms with Crippen LogP contribution in [0.5, 0.6) is 0 Å². The van der Waals surface area contributed by atoms with Crippen molar-refractivity contribution >= 4 is 13.4 Å². The number of carbonyl (C=O) groups excluding carboxylic acids is 1. The molecule has 4 heteroatoms. The molecule has 38 valence electrons. The molecule has 0 aromatic heterocycles. The number of carbonyl (C=O) groups is 1. The molecule has 0 atom stereocenters. The van der Waals surface area contributed by atoms with Crippen LogP contribution < -0.4 is 0 Å². The van der Waals surface area contributed by atoms with E-state index in [9.17, 15) is 4.79 Å². The van der Waals surface area contributed by atoms with Crippen molar-refractivity contribution in [3.8, 4) is 0 Å². The highest BCUT2D eigenvalue weighted by atomic mass is 16.4. The molecule has 0 rings (SSSR count). The van der Waals surface area contributed by atoms with Gasteiger partial charge in [-0.1, -0.05) is 5.98 Å². The molecule has 0 radical (unpaired) electrons. The standard InChI is InChI=1S/C3H5BO3/c5-3-1-2-4(6)7/h1-3,6-7H. The molecule has 3 nitrogen and oxygen atoms in total. The molecule has 0 aromatic rings. The van der Waals surface area contributed by atoms with E-state index in [2.05, 4.69) is 0 Å². The summed E-state index contributed by atoms with van der Waals surface area (Å²) in [6, 6.07) is 0. The van der Waals surface area contributed by atoms with Crippen molar-refractivity contribution in [2.24, 2.45) is 0 Å². The van der Waals surface area contributed by atoms with E-state index >= 15 is 0 Å². The topological polar surface area (TPSA) is 57.5 Å². The molecule has 0 unspecified atom stereocenters. The van der Waals surface area contributed by atoms with E-state index in [1.165, 1.54) is 0 Å². The predicted molar refractivity (Wildman–Crippen MR) is 25.4 cm³/mol. The van der Waals surface area contributed by atoms with Crippen LogP contribution in [0.1, 0.15) is 0 Å². The minimum absolute atomic E-state index is 0.472. The summed E-state index contributed by atoms with van der Waals surface area (Å²) in [6.07, 6.45) is 1.49. The van der Waals surface area contributed by atoms with Crippen molar-refractivity contribution in [1.29, 1.82) is 0 Å². The Morgan fingerprint density at radius 2 is 2.00 bits per heavy atom. The first-order chi connectivity index (χ1) is 3.27. The van der Waals surface area contributed by atoms with Gasteiger partial charge in [0.15, 0.2) is 0 Å². The van der Waals surface area contributed by atoms with Crippen LogP contribution in [0.4, 0.5) is 0 Å². The molecule has 7 heavy (non-hydrogen) atoms. The van der Waals surface area contributed by atoms with Gasteiger partial charge in [-0.2, -0.15) is 0 Å². The second kappa shape index (κ2) is 3.58. The summed E-state index contributed by atoms with van der Waals surface area (Å²) in [6.45, 7) is 0. The highest BCUT2D eigenvalue weighted by molar-refractivity contribution is 6.47. The monoisotopic (exact) mass is 100 g/mol. The largest absolute Gasteiger partial charge is 0.480 e. The minimum Gasteiger partial charge on any atom is -0.424 e. The molecule has 0 aliphatic rings. The molecule has 0 aliphatic carbocycles. The average molecular weight is 99.9 g/mol. The molecule has 0 heterocycles. The van der Waals surface area contributed by atoms with Gasteiger partial charge in [0.2, 0.25) is 0 Å². The Kier molecular flexibility index (Phi) is 3.27. The van der Waals surface area contributed by atoms with Gasteiger partial charge in [-0.25, -0.2) is 0 Å². The third-order valence-corrected chi connectivity index (χ3v) is 0.362. The quantitative estimate of drug-likeness (QED) is 0.259. The summed E-state index contributed by atoms with van der Waals surface area (Å²) in [5, 5.41) is 16.0. The Bertz CT molecular complexity index is 78.2. The van der Waals surface area contributed by atoms with Crippen molar-refractivity contribution < 1.29 is 14.8 Å². The summed E-state index contributed by atoms with van der Waals surface area (Å²) >= 11 is 0. The predicted octanol–water partition coefficient (Wildman–Crippen LogP) is -1.25. The van der Waals surface area contributed by atoms with Gasteiger partial charge in [-0.05, 0) is 6.08 Å². The summed E-state index contributed by atoms with van der Waals surface area (Å²) in [4.78, 5) is 9.40. The highest BCUT2D eigenvalue weighted by Gasteiger charge is 1.94. The average Bonchev–Trinajstić information content (AvgIpc) is 1.61. The van der Waals surface area contributed by atoms with Gasteiger partial charge in [0.1, 0.15) is 6.29 Å². The van der Waals surface area contributed by atoms with Crippen LogP contribution in [0.25, 0.3) is 0 Å². The van der Waals surface area contributed by atoms with Crippen LogP contribution in [-0.2, 0) is 4.79 Å². The minimum atomic E-state index is -1.51. The lowest BCUT2D eigenvalue weighted by atomic mass is 9.92. The molecule has 0 saturated carbocycles. The van der Waals surface area contributed by atoms with E-state index in [0.717, 1.165) is 12.1 Å². The Balaban J connectivity index is 3.25. The zero-order valence-electron chi connectivity index (χ0n) is 3.61. The van der Waals surface area contributed by atoms with Crippen molar-refractivity contribution in [2.45, 2.75) is 0 Å². The second-order valence-electron chi connectivity index (χ2n) is 0.935. The van der Waals surface area contributed by atoms with E-state index in [4.69, 9.17) is 10.0 Å². The first-order valence-electron chi connectivity index (χ1n) is 1.75. The van der Waals surface area contributed by atoms with E-state index in [1.54, 1.807) is 0 Å². The summed E-state index contributed by atoms with van der Waals surface area (Å²) in [5.41, 5.74) is 0. The van der Waals surface area contributed by atoms with Crippen LogP contribution in [0.15, 0.2) is 12.1 Å². The Morgan fingerprint density at radius 3 is 2.14 bits per heavy atom. The molecule has 0 saturated heterocycles. The van der Waals surface area contributed by atoms with Crippen molar-refractivity contribution in [3.05, 3.63) is 12.1 Å². The summed E-state index contributed by atoms with van der Waals surface area (Å²) in [5.74, 6) is 0.965. The van der Waals surface area contributed by atoms with E-state index in [1.807, 2.05) is 0 Å². The molecule has 0 bridgehead atoms. The molecule has 2 N–H and O–H groups in total. The fourth-order valence-electron chi connectivity index (χ4n) is 0.145. The molecular weight excluding hydrogens is 94.8 g/mol. The van der Waals surface area contributed by atoms with Gasteiger partial charge in [-0.15, -0.1) is 0 Å². The van der Waals surface area contributed by atoms with Gasteiger partial charge >= 0.3 is 7.12 Å². The van der Waals surface area contributed by atoms with Gasteiger partial charge in [-0.3, -0.25) is 4.79 Å². The molecule has 0 aromatic carbocycles. The Labute approximate surface area is 41.4 Å². The number of hydrogen-bond acceptors (Lipinski definition) is 3. The summed E-state index contributed by atoms with van der Waals surface area (Å²) < 4.78 is 0. The van der Waals surface area contributed by atoms with Gasteiger partial charge in [0, 0.05) is 0 Å². The first kappa shape index (κ1) is 6.39. The smallest absolute Gasteiger partial charge is 0.424 e. The normalized spacial score (nSPS) is 9.43. The highest BCUT2D eigenvalue weighted by Crippen LogP contribution is 1.67. The number of allylic oxidation sites excluding steroid dienone is 1. The molecule has 0 fully saturated rings. The SMILES string of the molecule is O=CC=CB(O)O. The van der Waals surface area contributed by atoms with Crippen molar-refractivity contribution in [3.63, 3.8) is 0 Å². The molecule has 0 aliphatic heterocycles. The lowest BCUT2D eigenvalue weighted by Gasteiger charge is -1.78. The van der Waals surface area contributed by atoms with E-state index in [-0.39, 0.29) is 0 Å². The van der Waals surface area contributed by atoms with Crippen molar-refractivity contribution in [2.75, 3.05) is 0 Å². The number of hydrogen-bond donors (Lipinski definition) is 2. The fourth-order valence-corrected chi connectivity index (χ4v) is 0.145. The van der Waals surface area contributed by atoms with Crippen molar-refractivity contribution in [1.82, 2.24) is 0 Å². The van der Waals surface area contributed by atoms with Crippen LogP contribution in [0, 0.1) is 0 Å². The lowest BCUT2D eigenvalue weighted by molar-refractivity contribution is -0.104. The zero-order chi connectivity index (χ0) is 5.70. The third-order valence-electron chi connectivity index (χ3n) is 0.362. The summed E-state index contributed by atoms with van der Waals surface area (Å²) in [7, 11) is -1.51. The van der Waals surface area contributed by atoms with E-state index in [0.29, 0.717) is 6.29 Å². The Morgan fingerprint density at radius 1 is 1.43 bits per heavy atom. The fraction of sp³-hybridized carbons (Fsp3) is 0. The van der Waals surface area contributed by atoms with E-state index < -0.39 is 7.12 Å². The van der Waals surface area contributed by atoms with Gasteiger partial charge in [0.25, 0.3) is 0 Å². The zero-order valence-corrected chi connectivity index (χ0v) is 3.61. The first-order valence-corrected chi connectivity index (χ1v) is 1.75. The van der Waals surface area contributed by atoms with Crippen LogP contribution in [-0.4, -0.2) is 23.5 Å². The Hall–Kier alpha value is -0.605. The lowest BCUT2D eigenvalue weighted by Crippen LogP contribution is -2.05. The number of rotatable bonds is 2. The molecular formula is C3H5BO3. The molecule has 0 amide bonds. The van der Waals surface area contributed by atoms with Gasteiger partial charge < -0.3 is 10.0 Å². The van der Waals surface area contributed by atoms with Crippen LogP contribution >= 0.6 is 0 Å². The number of aldehydes is 1. The maximum Gasteiger partial charge on any atom is 0.480 e. The van der Waals surface area contributed by atoms with Crippen LogP contribution in [0.3, 0.4) is 0 Å². The third kappa shape index (κ3) is 5.39.